The van der Waals surface area contributed by atoms with Gasteiger partial charge in [-0.15, -0.1) is 0 Å². The molecule has 168 valence electrons. The Labute approximate surface area is 182 Å². The first-order chi connectivity index (χ1) is 14.7. The molecule has 9 nitrogen and oxygen atoms in total. The van der Waals surface area contributed by atoms with Gasteiger partial charge in [-0.2, -0.15) is 0 Å². The van der Waals surface area contributed by atoms with E-state index in [2.05, 4.69) is 15.4 Å². The number of hydrogen-bond acceptors (Lipinski definition) is 6. The van der Waals surface area contributed by atoms with Crippen molar-refractivity contribution < 1.29 is 27.5 Å². The fourth-order valence-corrected chi connectivity index (χ4v) is 3.96. The Balaban J connectivity index is 1.90. The molecule has 2 amide bonds. The van der Waals surface area contributed by atoms with Gasteiger partial charge in [-0.1, -0.05) is 12.1 Å². The molecule has 0 aliphatic rings. The van der Waals surface area contributed by atoms with Crippen LogP contribution < -0.4 is 24.8 Å². The van der Waals surface area contributed by atoms with Crippen molar-refractivity contribution >= 4 is 27.5 Å². The first-order valence-electron chi connectivity index (χ1n) is 9.58. The van der Waals surface area contributed by atoms with Gasteiger partial charge in [0.1, 0.15) is 11.5 Å². The Hall–Kier alpha value is -3.11. The van der Waals surface area contributed by atoms with Gasteiger partial charge in [-0.05, 0) is 50.1 Å². The second-order valence-electron chi connectivity index (χ2n) is 6.95. The van der Waals surface area contributed by atoms with E-state index in [-0.39, 0.29) is 17.5 Å². The number of amides is 2. The lowest BCUT2D eigenvalue weighted by molar-refractivity contribution is -0.136. The molecule has 2 aromatic carbocycles. The second kappa shape index (κ2) is 10.8. The SMILES string of the molecule is COc1ccc(OC)c(NC(=O)C(=O)NCCc2ccc(S(=O)(=O)NC(C)C)cc2)c1. The zero-order valence-corrected chi connectivity index (χ0v) is 18.7. The van der Waals surface area contributed by atoms with E-state index < -0.39 is 21.8 Å². The Bertz CT molecular complexity index is 1020. The number of methoxy groups -OCH3 is 2. The zero-order valence-electron chi connectivity index (χ0n) is 17.9. The van der Waals surface area contributed by atoms with Gasteiger partial charge in [0, 0.05) is 18.7 Å². The van der Waals surface area contributed by atoms with Crippen molar-refractivity contribution in [2.24, 2.45) is 0 Å². The zero-order chi connectivity index (χ0) is 23.0. The number of hydrogen-bond donors (Lipinski definition) is 3. The number of sulfonamides is 1. The van der Waals surface area contributed by atoms with Crippen LogP contribution in [-0.4, -0.2) is 47.0 Å². The average Bonchev–Trinajstić information content (AvgIpc) is 2.73. The molecule has 3 N–H and O–H groups in total. The number of carbonyl (C=O) groups is 2. The number of anilines is 1. The van der Waals surface area contributed by atoms with Gasteiger partial charge in [0.25, 0.3) is 0 Å². The minimum Gasteiger partial charge on any atom is -0.497 e. The van der Waals surface area contributed by atoms with E-state index in [0.717, 1.165) is 5.56 Å². The molecule has 10 heteroatoms. The van der Waals surface area contributed by atoms with Gasteiger partial charge in [0.15, 0.2) is 0 Å². The number of carbonyl (C=O) groups excluding carboxylic acids is 2. The quantitative estimate of drug-likeness (QED) is 0.501. The van der Waals surface area contributed by atoms with Crippen LogP contribution in [0, 0.1) is 0 Å². The fraction of sp³-hybridized carbons (Fsp3) is 0.333. The van der Waals surface area contributed by atoms with Crippen LogP contribution in [0.1, 0.15) is 19.4 Å². The molecule has 2 rings (SSSR count). The van der Waals surface area contributed by atoms with Crippen LogP contribution in [0.25, 0.3) is 0 Å². The van der Waals surface area contributed by atoms with E-state index in [4.69, 9.17) is 9.47 Å². The van der Waals surface area contributed by atoms with E-state index in [1.54, 1.807) is 44.2 Å². The molecule has 0 saturated heterocycles. The summed E-state index contributed by atoms with van der Waals surface area (Å²) in [5, 5.41) is 5.03. The van der Waals surface area contributed by atoms with E-state index in [1.165, 1.54) is 26.4 Å². The molecule has 0 heterocycles. The summed E-state index contributed by atoms with van der Waals surface area (Å²) < 4.78 is 37.1. The maximum absolute atomic E-state index is 12.2. The second-order valence-corrected chi connectivity index (χ2v) is 8.66. The summed E-state index contributed by atoms with van der Waals surface area (Å²) in [6.07, 6.45) is 0.430. The van der Waals surface area contributed by atoms with Crippen molar-refractivity contribution in [3.05, 3.63) is 48.0 Å². The molecule has 0 fully saturated rings. The number of nitrogens with one attached hydrogen (secondary N) is 3. The van der Waals surface area contributed by atoms with Gasteiger partial charge < -0.3 is 20.1 Å². The summed E-state index contributed by atoms with van der Waals surface area (Å²) in [6.45, 7) is 3.70. The summed E-state index contributed by atoms with van der Waals surface area (Å²) in [7, 11) is -0.614. The monoisotopic (exact) mass is 449 g/mol. The van der Waals surface area contributed by atoms with Crippen molar-refractivity contribution in [2.75, 3.05) is 26.1 Å². The fourth-order valence-electron chi connectivity index (χ4n) is 2.71. The highest BCUT2D eigenvalue weighted by Crippen LogP contribution is 2.28. The Kier molecular flexibility index (Phi) is 8.40. The minimum atomic E-state index is -3.55. The molecule has 0 aliphatic carbocycles. The first kappa shape index (κ1) is 24.2. The Morgan fingerprint density at radius 2 is 1.65 bits per heavy atom. The van der Waals surface area contributed by atoms with Crippen LogP contribution in [0.3, 0.4) is 0 Å². The summed E-state index contributed by atoms with van der Waals surface area (Å²) in [5.74, 6) is -0.743. The minimum absolute atomic E-state index is 0.167. The predicted molar refractivity (Wildman–Crippen MR) is 117 cm³/mol. The molecule has 2 aromatic rings. The molecule has 0 atom stereocenters. The van der Waals surface area contributed by atoms with Gasteiger partial charge in [0.05, 0.1) is 24.8 Å². The predicted octanol–water partition coefficient (Wildman–Crippen LogP) is 1.69. The molecule has 0 saturated carbocycles. The van der Waals surface area contributed by atoms with Gasteiger partial charge >= 0.3 is 11.8 Å². The lowest BCUT2D eigenvalue weighted by Crippen LogP contribution is -2.36. The van der Waals surface area contributed by atoms with Crippen molar-refractivity contribution in [1.82, 2.24) is 10.0 Å². The smallest absolute Gasteiger partial charge is 0.313 e. The van der Waals surface area contributed by atoms with Crippen LogP contribution in [0.2, 0.25) is 0 Å². The van der Waals surface area contributed by atoms with Gasteiger partial charge in [-0.25, -0.2) is 13.1 Å². The standard InChI is InChI=1S/C21H27N3O6S/c1-14(2)24-31(27,28)17-8-5-15(6-9-17)11-12-22-20(25)21(26)23-18-13-16(29-3)7-10-19(18)30-4/h5-10,13-14,24H,11-12H2,1-4H3,(H,22,25)(H,23,26). The van der Waals surface area contributed by atoms with Crippen LogP contribution in [0.5, 0.6) is 11.5 Å². The van der Waals surface area contributed by atoms with Gasteiger partial charge in [-0.3, -0.25) is 9.59 Å². The summed E-state index contributed by atoms with van der Waals surface area (Å²) in [6, 6.07) is 11.0. The number of ether oxygens (including phenoxy) is 2. The molecule has 0 bridgehead atoms. The third-order valence-electron chi connectivity index (χ3n) is 4.18. The molecular weight excluding hydrogens is 422 g/mol. The number of rotatable bonds is 9. The number of benzene rings is 2. The van der Waals surface area contributed by atoms with Crippen molar-refractivity contribution in [2.45, 2.75) is 31.2 Å². The summed E-state index contributed by atoms with van der Waals surface area (Å²) in [4.78, 5) is 24.4. The third kappa shape index (κ3) is 6.97. The topological polar surface area (TPSA) is 123 Å². The molecule has 31 heavy (non-hydrogen) atoms. The van der Waals surface area contributed by atoms with E-state index in [1.807, 2.05) is 0 Å². The Morgan fingerprint density at radius 3 is 2.23 bits per heavy atom. The van der Waals surface area contributed by atoms with Gasteiger partial charge in [0.2, 0.25) is 10.0 Å². The third-order valence-corrected chi connectivity index (χ3v) is 5.86. The van der Waals surface area contributed by atoms with Crippen LogP contribution in [0.15, 0.2) is 47.4 Å². The van der Waals surface area contributed by atoms with Crippen molar-refractivity contribution in [3.63, 3.8) is 0 Å². The van der Waals surface area contributed by atoms with Crippen LogP contribution >= 0.6 is 0 Å². The van der Waals surface area contributed by atoms with E-state index in [9.17, 15) is 18.0 Å². The first-order valence-corrected chi connectivity index (χ1v) is 11.1. The highest BCUT2D eigenvalue weighted by Gasteiger charge is 2.17. The van der Waals surface area contributed by atoms with Crippen molar-refractivity contribution in [1.29, 1.82) is 0 Å². The lowest BCUT2D eigenvalue weighted by Gasteiger charge is -2.12. The normalized spacial score (nSPS) is 11.1. The average molecular weight is 450 g/mol. The largest absolute Gasteiger partial charge is 0.497 e. The van der Waals surface area contributed by atoms with Crippen molar-refractivity contribution in [3.8, 4) is 11.5 Å². The maximum atomic E-state index is 12.2. The van der Waals surface area contributed by atoms with Crippen LogP contribution in [0.4, 0.5) is 5.69 Å². The summed E-state index contributed by atoms with van der Waals surface area (Å²) in [5.41, 5.74) is 1.13. The molecular formula is C21H27N3O6S. The molecule has 0 radical (unpaired) electrons. The Morgan fingerprint density at radius 1 is 0.968 bits per heavy atom. The molecule has 0 aromatic heterocycles. The highest BCUT2D eigenvalue weighted by molar-refractivity contribution is 7.89. The van der Waals surface area contributed by atoms with E-state index in [0.29, 0.717) is 23.6 Å². The van der Waals surface area contributed by atoms with Crippen LogP contribution in [-0.2, 0) is 26.0 Å². The molecule has 0 unspecified atom stereocenters. The summed E-state index contributed by atoms with van der Waals surface area (Å²) >= 11 is 0. The van der Waals surface area contributed by atoms with E-state index >= 15 is 0 Å². The maximum Gasteiger partial charge on any atom is 0.313 e. The highest BCUT2D eigenvalue weighted by atomic mass is 32.2. The lowest BCUT2D eigenvalue weighted by atomic mass is 10.1. The molecule has 0 spiro atoms. The molecule has 0 aliphatic heterocycles.